The Morgan fingerprint density at radius 1 is 1.14 bits per heavy atom. The van der Waals surface area contributed by atoms with E-state index < -0.39 is 17.7 Å². The molecule has 2 aliphatic rings. The van der Waals surface area contributed by atoms with E-state index in [-0.39, 0.29) is 5.91 Å². The van der Waals surface area contributed by atoms with Crippen molar-refractivity contribution in [2.75, 3.05) is 17.3 Å². The molecule has 3 aromatic carbocycles. The maximum Gasteiger partial charge on any atom is 0.236 e. The fourth-order valence-corrected chi connectivity index (χ4v) is 5.56. The van der Waals surface area contributed by atoms with Crippen molar-refractivity contribution in [1.29, 1.82) is 0 Å². The Morgan fingerprint density at radius 3 is 2.57 bits per heavy atom. The Hall–Kier alpha value is -3.29. The number of anilines is 2. The van der Waals surface area contributed by atoms with Gasteiger partial charge in [-0.25, -0.2) is 0 Å². The number of rotatable bonds is 4. The third-order valence-electron chi connectivity index (χ3n) is 6.92. The summed E-state index contributed by atoms with van der Waals surface area (Å²) in [6.07, 6.45) is 0. The lowest BCUT2D eigenvalue weighted by molar-refractivity contribution is -0.130. The standard InChI is InChI=1S/C27H26ClN3O3S/c1-15-7-5-9-20(16(15)2)31-26(35)30-23-19-8-6-10-21(33-4)24(19)34-27(31,3)22(23)25(32)29-18-13-11-17(28)12-14-18/h5-14,22-23H,1-4H3,(H,29,32)(H,30,35)/t22-,23-,27+/m0/s1. The number of aryl methyl sites for hydroxylation is 1. The van der Waals surface area contributed by atoms with Crippen LogP contribution in [0.15, 0.2) is 60.7 Å². The van der Waals surface area contributed by atoms with Crippen molar-refractivity contribution >= 4 is 46.2 Å². The fourth-order valence-electron chi connectivity index (χ4n) is 5.03. The number of halogens is 1. The van der Waals surface area contributed by atoms with E-state index in [0.29, 0.717) is 27.3 Å². The predicted molar refractivity (Wildman–Crippen MR) is 142 cm³/mol. The molecule has 0 spiro atoms. The number of para-hydroxylation sites is 1. The van der Waals surface area contributed by atoms with Crippen LogP contribution in [0.5, 0.6) is 11.5 Å². The van der Waals surface area contributed by atoms with Gasteiger partial charge < -0.3 is 20.1 Å². The predicted octanol–water partition coefficient (Wildman–Crippen LogP) is 5.76. The van der Waals surface area contributed by atoms with Gasteiger partial charge in [0.15, 0.2) is 22.3 Å². The minimum Gasteiger partial charge on any atom is -0.493 e. The zero-order valence-electron chi connectivity index (χ0n) is 19.9. The van der Waals surface area contributed by atoms with E-state index >= 15 is 0 Å². The van der Waals surface area contributed by atoms with Crippen molar-refractivity contribution < 1.29 is 14.3 Å². The van der Waals surface area contributed by atoms with Gasteiger partial charge in [-0.3, -0.25) is 9.69 Å². The van der Waals surface area contributed by atoms with Crippen LogP contribution in [0, 0.1) is 19.8 Å². The third kappa shape index (κ3) is 3.79. The van der Waals surface area contributed by atoms with Gasteiger partial charge in [-0.2, -0.15) is 0 Å². The van der Waals surface area contributed by atoms with Crippen molar-refractivity contribution in [1.82, 2.24) is 5.32 Å². The van der Waals surface area contributed by atoms with Gasteiger partial charge in [0, 0.05) is 16.3 Å². The van der Waals surface area contributed by atoms with E-state index in [1.54, 1.807) is 31.4 Å². The van der Waals surface area contributed by atoms with Crippen LogP contribution in [-0.4, -0.2) is 23.9 Å². The van der Waals surface area contributed by atoms with Gasteiger partial charge in [0.2, 0.25) is 5.91 Å². The smallest absolute Gasteiger partial charge is 0.236 e. The number of fused-ring (bicyclic) bond motifs is 4. The lowest BCUT2D eigenvalue weighted by Gasteiger charge is -2.56. The highest BCUT2D eigenvalue weighted by atomic mass is 35.5. The zero-order chi connectivity index (χ0) is 24.9. The molecule has 0 unspecified atom stereocenters. The second kappa shape index (κ2) is 8.73. The van der Waals surface area contributed by atoms with E-state index in [9.17, 15) is 4.79 Å². The molecule has 1 saturated heterocycles. The second-order valence-corrected chi connectivity index (χ2v) is 9.81. The van der Waals surface area contributed by atoms with Gasteiger partial charge in [0.25, 0.3) is 0 Å². The third-order valence-corrected chi connectivity index (χ3v) is 7.47. The maximum absolute atomic E-state index is 13.9. The number of amides is 1. The van der Waals surface area contributed by atoms with Gasteiger partial charge in [0.1, 0.15) is 5.92 Å². The van der Waals surface area contributed by atoms with Crippen molar-refractivity contribution in [2.45, 2.75) is 32.5 Å². The minimum atomic E-state index is -1.14. The summed E-state index contributed by atoms with van der Waals surface area (Å²) in [6.45, 7) is 6.01. The fraction of sp³-hybridized carbons (Fsp3) is 0.259. The summed E-state index contributed by atoms with van der Waals surface area (Å²) in [7, 11) is 1.61. The number of carbonyl (C=O) groups is 1. The largest absolute Gasteiger partial charge is 0.493 e. The number of hydrogen-bond donors (Lipinski definition) is 2. The molecule has 0 aromatic heterocycles. The number of benzene rings is 3. The number of nitrogens with zero attached hydrogens (tertiary/aromatic N) is 1. The molecule has 0 aliphatic carbocycles. The quantitative estimate of drug-likeness (QED) is 0.437. The Morgan fingerprint density at radius 2 is 1.86 bits per heavy atom. The zero-order valence-corrected chi connectivity index (χ0v) is 21.5. The van der Waals surface area contributed by atoms with Crippen molar-refractivity contribution in [3.63, 3.8) is 0 Å². The summed E-state index contributed by atoms with van der Waals surface area (Å²) >= 11 is 11.9. The molecule has 2 heterocycles. The van der Waals surface area contributed by atoms with Gasteiger partial charge in [-0.05, 0) is 80.5 Å². The molecule has 5 rings (SSSR count). The van der Waals surface area contributed by atoms with E-state index in [1.807, 2.05) is 49.1 Å². The molecule has 6 nitrogen and oxygen atoms in total. The number of hydrogen-bond acceptors (Lipinski definition) is 4. The van der Waals surface area contributed by atoms with E-state index in [2.05, 4.69) is 23.6 Å². The van der Waals surface area contributed by atoms with Crippen molar-refractivity contribution in [3.05, 3.63) is 82.4 Å². The summed E-state index contributed by atoms with van der Waals surface area (Å²) in [5.41, 5.74) is 3.39. The molecule has 35 heavy (non-hydrogen) atoms. The van der Waals surface area contributed by atoms with Crippen molar-refractivity contribution in [3.8, 4) is 11.5 Å². The van der Waals surface area contributed by atoms with Gasteiger partial charge >= 0.3 is 0 Å². The molecule has 2 N–H and O–H groups in total. The summed E-state index contributed by atoms with van der Waals surface area (Å²) in [6, 6.07) is 18.3. The highest BCUT2D eigenvalue weighted by Crippen LogP contribution is 2.53. The minimum absolute atomic E-state index is 0.196. The lowest BCUT2D eigenvalue weighted by atomic mass is 9.78. The maximum atomic E-state index is 13.9. The Kier molecular flexibility index (Phi) is 5.85. The van der Waals surface area contributed by atoms with E-state index in [1.165, 1.54) is 0 Å². The van der Waals surface area contributed by atoms with Crippen LogP contribution in [0.25, 0.3) is 0 Å². The molecule has 180 valence electrons. The summed E-state index contributed by atoms with van der Waals surface area (Å²) in [5, 5.41) is 7.58. The first kappa shape index (κ1) is 23.5. The topological polar surface area (TPSA) is 62.8 Å². The SMILES string of the molecule is COc1cccc2c1O[C@]1(C)[C@H](C(=O)Nc3ccc(Cl)cc3)[C@H]2NC(=S)N1c1cccc(C)c1C. The average Bonchev–Trinajstić information content (AvgIpc) is 2.82. The Bertz CT molecular complexity index is 1330. The molecule has 8 heteroatoms. The van der Waals surface area contributed by atoms with Crippen LogP contribution in [0.4, 0.5) is 11.4 Å². The second-order valence-electron chi connectivity index (χ2n) is 8.99. The summed E-state index contributed by atoms with van der Waals surface area (Å²) < 4.78 is 12.3. The number of thiocarbonyl (C=S) groups is 1. The first-order valence-electron chi connectivity index (χ1n) is 11.3. The van der Waals surface area contributed by atoms with Gasteiger partial charge in [-0.1, -0.05) is 35.9 Å². The average molecular weight is 508 g/mol. The van der Waals surface area contributed by atoms with Crippen molar-refractivity contribution in [2.24, 2.45) is 5.92 Å². The summed E-state index contributed by atoms with van der Waals surface area (Å²) in [5.74, 6) is 0.358. The molecule has 3 aromatic rings. The molecular formula is C27H26ClN3O3S. The van der Waals surface area contributed by atoms with E-state index in [0.717, 1.165) is 22.4 Å². The molecule has 0 radical (unpaired) electrons. The summed E-state index contributed by atoms with van der Waals surface area (Å²) in [4.78, 5) is 15.8. The normalized spacial score (nSPS) is 22.5. The monoisotopic (exact) mass is 507 g/mol. The molecule has 3 atom stereocenters. The number of methoxy groups -OCH3 is 1. The van der Waals surface area contributed by atoms with Crippen LogP contribution >= 0.6 is 23.8 Å². The Balaban J connectivity index is 1.67. The molecule has 0 saturated carbocycles. The van der Waals surface area contributed by atoms with Crippen LogP contribution in [0.1, 0.15) is 29.7 Å². The highest BCUT2D eigenvalue weighted by Gasteiger charge is 2.59. The van der Waals surface area contributed by atoms with Crippen LogP contribution < -0.4 is 25.0 Å². The van der Waals surface area contributed by atoms with E-state index in [4.69, 9.17) is 33.3 Å². The van der Waals surface area contributed by atoms with Crippen LogP contribution in [0.3, 0.4) is 0 Å². The molecule has 2 bridgehead atoms. The molecule has 2 aliphatic heterocycles. The van der Waals surface area contributed by atoms with Gasteiger partial charge in [-0.15, -0.1) is 0 Å². The number of carbonyl (C=O) groups excluding carboxylic acids is 1. The van der Waals surface area contributed by atoms with Crippen LogP contribution in [-0.2, 0) is 4.79 Å². The van der Waals surface area contributed by atoms with Crippen LogP contribution in [0.2, 0.25) is 5.02 Å². The Labute approximate surface area is 215 Å². The lowest BCUT2D eigenvalue weighted by Crippen LogP contribution is -2.72. The number of ether oxygens (including phenoxy) is 2. The molecular weight excluding hydrogens is 482 g/mol. The highest BCUT2D eigenvalue weighted by molar-refractivity contribution is 7.80. The molecule has 1 fully saturated rings. The first-order valence-corrected chi connectivity index (χ1v) is 12.1. The van der Waals surface area contributed by atoms with Gasteiger partial charge in [0.05, 0.1) is 18.8 Å². The molecule has 1 amide bonds. The first-order chi connectivity index (χ1) is 16.7. The number of nitrogens with one attached hydrogen (secondary N) is 2.